The van der Waals surface area contributed by atoms with E-state index in [9.17, 15) is 9.59 Å². The molecule has 1 unspecified atom stereocenters. The summed E-state index contributed by atoms with van der Waals surface area (Å²) in [6, 6.07) is -0.601. The van der Waals surface area contributed by atoms with Crippen molar-refractivity contribution in [3.8, 4) is 0 Å². The molecule has 0 aromatic carbocycles. The summed E-state index contributed by atoms with van der Waals surface area (Å²) in [7, 11) is 1.68. The Morgan fingerprint density at radius 2 is 2.26 bits per heavy atom. The van der Waals surface area contributed by atoms with Crippen LogP contribution in [0.5, 0.6) is 0 Å². The number of carbonyl (C=O) groups excluding carboxylic acids is 1. The lowest BCUT2D eigenvalue weighted by molar-refractivity contribution is -0.137. The number of rotatable bonds is 6. The highest BCUT2D eigenvalue weighted by Gasteiger charge is 2.17. The molecule has 0 bridgehead atoms. The minimum absolute atomic E-state index is 0.0599. The smallest absolute Gasteiger partial charge is 0.317 e. The van der Waals surface area contributed by atoms with Crippen molar-refractivity contribution in [2.75, 3.05) is 7.05 Å². The van der Waals surface area contributed by atoms with Crippen molar-refractivity contribution >= 4 is 23.3 Å². The number of carboxylic acid groups (broad SMARTS) is 1. The van der Waals surface area contributed by atoms with Gasteiger partial charge < -0.3 is 15.3 Å². The number of urea groups is 1. The Labute approximate surface area is 116 Å². The van der Waals surface area contributed by atoms with E-state index in [0.717, 1.165) is 10.6 Å². The van der Waals surface area contributed by atoms with Crippen molar-refractivity contribution in [3.05, 3.63) is 16.1 Å². The first-order valence-electron chi connectivity index (χ1n) is 6.06. The van der Waals surface area contributed by atoms with Crippen molar-refractivity contribution in [2.24, 2.45) is 0 Å². The normalized spacial score (nSPS) is 11.9. The zero-order valence-corrected chi connectivity index (χ0v) is 12.2. The number of thiazole rings is 1. The van der Waals surface area contributed by atoms with Gasteiger partial charge in [0.2, 0.25) is 0 Å². The van der Waals surface area contributed by atoms with Crippen LogP contribution in [0.4, 0.5) is 4.79 Å². The van der Waals surface area contributed by atoms with E-state index in [1.807, 2.05) is 13.8 Å². The van der Waals surface area contributed by atoms with Crippen molar-refractivity contribution in [1.82, 2.24) is 15.2 Å². The van der Waals surface area contributed by atoms with Crippen LogP contribution in [0.25, 0.3) is 0 Å². The van der Waals surface area contributed by atoms with Gasteiger partial charge in [-0.15, -0.1) is 11.3 Å². The molecular formula is C12H19N3O3S. The fourth-order valence-electron chi connectivity index (χ4n) is 1.56. The molecule has 1 heterocycles. The fraction of sp³-hybridized carbons (Fsp3) is 0.583. The van der Waals surface area contributed by atoms with E-state index in [1.165, 1.54) is 16.2 Å². The van der Waals surface area contributed by atoms with Gasteiger partial charge in [0, 0.05) is 18.0 Å². The van der Waals surface area contributed by atoms with Crippen LogP contribution in [0.2, 0.25) is 0 Å². The monoisotopic (exact) mass is 285 g/mol. The lowest BCUT2D eigenvalue weighted by atomic mass is 10.1. The van der Waals surface area contributed by atoms with Crippen LogP contribution in [-0.4, -0.2) is 40.1 Å². The van der Waals surface area contributed by atoms with E-state index in [0.29, 0.717) is 13.0 Å². The Morgan fingerprint density at radius 1 is 1.58 bits per heavy atom. The van der Waals surface area contributed by atoms with Gasteiger partial charge in [-0.25, -0.2) is 9.78 Å². The summed E-state index contributed by atoms with van der Waals surface area (Å²) in [5, 5.41) is 11.5. The molecule has 0 saturated carbocycles. The van der Waals surface area contributed by atoms with E-state index in [-0.39, 0.29) is 18.5 Å². The third-order valence-corrected chi connectivity index (χ3v) is 3.73. The summed E-state index contributed by atoms with van der Waals surface area (Å²) in [4.78, 5) is 29.3. The largest absolute Gasteiger partial charge is 0.481 e. The summed E-state index contributed by atoms with van der Waals surface area (Å²) >= 11 is 1.50. The topological polar surface area (TPSA) is 82.5 Å². The fourth-order valence-corrected chi connectivity index (χ4v) is 2.39. The van der Waals surface area contributed by atoms with Crippen molar-refractivity contribution in [2.45, 2.75) is 39.3 Å². The highest BCUT2D eigenvalue weighted by molar-refractivity contribution is 7.09. The van der Waals surface area contributed by atoms with Crippen LogP contribution in [0.1, 0.15) is 30.3 Å². The molecule has 0 fully saturated rings. The number of nitrogens with zero attached hydrogens (tertiary/aromatic N) is 2. The lowest BCUT2D eigenvalue weighted by Crippen LogP contribution is -2.43. The zero-order chi connectivity index (χ0) is 14.4. The van der Waals surface area contributed by atoms with Crippen molar-refractivity contribution in [1.29, 1.82) is 0 Å². The Bertz CT molecular complexity index is 447. The maximum Gasteiger partial charge on any atom is 0.317 e. The van der Waals surface area contributed by atoms with Gasteiger partial charge in [0.05, 0.1) is 24.2 Å². The van der Waals surface area contributed by atoms with E-state index < -0.39 is 5.97 Å². The van der Waals surface area contributed by atoms with Crippen LogP contribution in [0.3, 0.4) is 0 Å². The van der Waals surface area contributed by atoms with Crippen LogP contribution in [0, 0.1) is 6.92 Å². The predicted molar refractivity (Wildman–Crippen MR) is 73.2 cm³/mol. The third-order valence-electron chi connectivity index (χ3n) is 2.81. The minimum Gasteiger partial charge on any atom is -0.481 e. The molecule has 0 spiro atoms. The first-order valence-corrected chi connectivity index (χ1v) is 6.94. The Hall–Kier alpha value is -1.63. The molecule has 0 saturated heterocycles. The zero-order valence-electron chi connectivity index (χ0n) is 11.3. The first kappa shape index (κ1) is 15.4. The second-order valence-electron chi connectivity index (χ2n) is 4.37. The number of aryl methyl sites for hydroxylation is 1. The molecule has 2 amide bonds. The summed E-state index contributed by atoms with van der Waals surface area (Å²) in [5.41, 5.74) is 2.66. The number of hydrogen-bond acceptors (Lipinski definition) is 4. The highest BCUT2D eigenvalue weighted by atomic mass is 32.1. The van der Waals surface area contributed by atoms with Crippen LogP contribution >= 0.6 is 11.3 Å². The van der Waals surface area contributed by atoms with Gasteiger partial charge in [-0.05, 0) is 13.3 Å². The molecule has 19 heavy (non-hydrogen) atoms. The Kier molecular flexibility index (Phi) is 5.75. The molecule has 1 aromatic heterocycles. The quantitative estimate of drug-likeness (QED) is 0.835. The van der Waals surface area contributed by atoms with E-state index in [2.05, 4.69) is 10.3 Å². The third kappa shape index (κ3) is 4.86. The van der Waals surface area contributed by atoms with Crippen molar-refractivity contribution < 1.29 is 14.7 Å². The molecule has 2 N–H and O–H groups in total. The predicted octanol–water partition coefficient (Wildman–Crippen LogP) is 1.85. The van der Waals surface area contributed by atoms with Crippen LogP contribution < -0.4 is 5.32 Å². The molecule has 6 nitrogen and oxygen atoms in total. The number of nitrogens with one attached hydrogen (secondary N) is 1. The molecule has 0 aliphatic rings. The van der Waals surface area contributed by atoms with Crippen molar-refractivity contribution in [3.63, 3.8) is 0 Å². The van der Waals surface area contributed by atoms with Gasteiger partial charge >= 0.3 is 12.0 Å². The number of hydrogen-bond donors (Lipinski definition) is 2. The number of carbonyl (C=O) groups is 2. The number of aliphatic carboxylic acids is 1. The first-order chi connectivity index (χ1) is 8.93. The van der Waals surface area contributed by atoms with Gasteiger partial charge in [0.15, 0.2) is 0 Å². The molecule has 1 rings (SSSR count). The van der Waals surface area contributed by atoms with E-state index in [1.54, 1.807) is 12.6 Å². The van der Waals surface area contributed by atoms with Gasteiger partial charge in [-0.1, -0.05) is 6.92 Å². The average Bonchev–Trinajstić information content (AvgIpc) is 2.73. The standard InChI is InChI=1S/C12H19N3O3S/c1-4-9(5-11(16)17)14-12(18)15(3)6-10-8(2)13-7-19-10/h7,9H,4-6H2,1-3H3,(H,14,18)(H,16,17). The summed E-state index contributed by atoms with van der Waals surface area (Å²) in [6.45, 7) is 4.23. The molecule has 7 heteroatoms. The second-order valence-corrected chi connectivity index (χ2v) is 5.31. The SMILES string of the molecule is CCC(CC(=O)O)NC(=O)N(C)Cc1scnc1C. The molecule has 0 radical (unpaired) electrons. The number of carboxylic acids is 1. The van der Waals surface area contributed by atoms with Crippen LogP contribution in [0.15, 0.2) is 5.51 Å². The lowest BCUT2D eigenvalue weighted by Gasteiger charge is -2.21. The molecule has 1 atom stereocenters. The second kappa shape index (κ2) is 7.08. The molecule has 1 aromatic rings. The summed E-state index contributed by atoms with van der Waals surface area (Å²) in [6.07, 6.45) is 0.529. The van der Waals surface area contributed by atoms with Crippen LogP contribution in [-0.2, 0) is 11.3 Å². The molecule has 106 valence electrons. The molecule has 0 aliphatic heterocycles. The molecule has 0 aliphatic carbocycles. The summed E-state index contributed by atoms with van der Waals surface area (Å²) in [5.74, 6) is -0.909. The van der Waals surface area contributed by atoms with E-state index in [4.69, 9.17) is 5.11 Å². The van der Waals surface area contributed by atoms with Gasteiger partial charge in [-0.3, -0.25) is 4.79 Å². The maximum atomic E-state index is 11.9. The Morgan fingerprint density at radius 3 is 2.74 bits per heavy atom. The molecular weight excluding hydrogens is 266 g/mol. The maximum absolute atomic E-state index is 11.9. The summed E-state index contributed by atoms with van der Waals surface area (Å²) < 4.78 is 0. The number of aromatic nitrogens is 1. The highest BCUT2D eigenvalue weighted by Crippen LogP contribution is 2.14. The average molecular weight is 285 g/mol. The van der Waals surface area contributed by atoms with Gasteiger partial charge in [-0.2, -0.15) is 0 Å². The number of amides is 2. The Balaban J connectivity index is 2.52. The van der Waals surface area contributed by atoms with E-state index >= 15 is 0 Å². The van der Waals surface area contributed by atoms with Gasteiger partial charge in [0.25, 0.3) is 0 Å². The minimum atomic E-state index is -0.909. The van der Waals surface area contributed by atoms with Gasteiger partial charge in [0.1, 0.15) is 0 Å².